The van der Waals surface area contributed by atoms with Gasteiger partial charge in [-0.1, -0.05) is 36.4 Å². The molecular formula is C20H30N4O3S. The van der Waals surface area contributed by atoms with E-state index in [1.165, 1.54) is 4.31 Å². The Labute approximate surface area is 167 Å². The summed E-state index contributed by atoms with van der Waals surface area (Å²) in [6, 6.07) is 8.01. The summed E-state index contributed by atoms with van der Waals surface area (Å²) in [6.45, 7) is 5.01. The molecule has 1 saturated heterocycles. The van der Waals surface area contributed by atoms with E-state index in [4.69, 9.17) is 4.74 Å². The fraction of sp³-hybridized carbons (Fsp3) is 0.550. The summed E-state index contributed by atoms with van der Waals surface area (Å²) in [4.78, 5) is 4.69. The highest BCUT2D eigenvalue weighted by Gasteiger charge is 2.25. The molecule has 3 rings (SSSR count). The average Bonchev–Trinajstić information content (AvgIpc) is 3.21. The Bertz CT molecular complexity index is 793. The Hall–Kier alpha value is -1.90. The zero-order valence-electron chi connectivity index (χ0n) is 16.4. The number of hydrogen-bond acceptors (Lipinski definition) is 4. The first kappa shape index (κ1) is 20.8. The lowest BCUT2D eigenvalue weighted by Crippen LogP contribution is -2.42. The van der Waals surface area contributed by atoms with Crippen molar-refractivity contribution in [1.82, 2.24) is 14.9 Å². The van der Waals surface area contributed by atoms with E-state index in [2.05, 4.69) is 27.8 Å². The fourth-order valence-electron chi connectivity index (χ4n) is 3.38. The van der Waals surface area contributed by atoms with Crippen LogP contribution in [0.15, 0.2) is 41.4 Å². The van der Waals surface area contributed by atoms with E-state index in [9.17, 15) is 8.42 Å². The topological polar surface area (TPSA) is 83.0 Å². The second kappa shape index (κ2) is 10.0. The molecule has 0 bridgehead atoms. The molecule has 7 nitrogen and oxygen atoms in total. The fourth-order valence-corrected chi connectivity index (χ4v) is 4.94. The van der Waals surface area contributed by atoms with Gasteiger partial charge in [-0.3, -0.25) is 0 Å². The molecule has 0 unspecified atom stereocenters. The minimum Gasteiger partial charge on any atom is -0.379 e. The lowest BCUT2D eigenvalue weighted by Gasteiger charge is -2.26. The summed E-state index contributed by atoms with van der Waals surface area (Å²) in [5.41, 5.74) is 1.73. The van der Waals surface area contributed by atoms with Gasteiger partial charge >= 0.3 is 0 Å². The van der Waals surface area contributed by atoms with Gasteiger partial charge in [0.15, 0.2) is 5.96 Å². The summed E-state index contributed by atoms with van der Waals surface area (Å²) in [5.74, 6) is 0.761. The van der Waals surface area contributed by atoms with Crippen LogP contribution in [0.1, 0.15) is 30.9 Å². The van der Waals surface area contributed by atoms with Crippen molar-refractivity contribution in [2.45, 2.75) is 38.1 Å². The number of hydrogen-bond donors (Lipinski definition) is 2. The molecule has 2 aliphatic rings. The summed E-state index contributed by atoms with van der Waals surface area (Å²) < 4.78 is 32.4. The van der Waals surface area contributed by atoms with E-state index in [0.717, 1.165) is 36.5 Å². The van der Waals surface area contributed by atoms with Crippen LogP contribution < -0.4 is 10.6 Å². The molecule has 1 fully saturated rings. The van der Waals surface area contributed by atoms with E-state index in [0.29, 0.717) is 38.9 Å². The van der Waals surface area contributed by atoms with Gasteiger partial charge in [0, 0.05) is 25.7 Å². The molecule has 0 amide bonds. The molecule has 1 aromatic rings. The van der Waals surface area contributed by atoms with Gasteiger partial charge in [0.1, 0.15) is 0 Å². The number of aliphatic imine (C=N–C) groups is 1. The third-order valence-electron chi connectivity index (χ3n) is 4.92. The van der Waals surface area contributed by atoms with E-state index in [1.807, 2.05) is 31.2 Å². The van der Waals surface area contributed by atoms with Gasteiger partial charge in [0.2, 0.25) is 10.0 Å². The molecular weight excluding hydrogens is 376 g/mol. The molecule has 154 valence electrons. The summed E-state index contributed by atoms with van der Waals surface area (Å²) in [5, 5.41) is 6.71. The van der Waals surface area contributed by atoms with Crippen molar-refractivity contribution in [1.29, 1.82) is 0 Å². The van der Waals surface area contributed by atoms with Gasteiger partial charge in [-0.05, 0) is 30.9 Å². The Morgan fingerprint density at radius 1 is 1.18 bits per heavy atom. The van der Waals surface area contributed by atoms with Crippen LogP contribution >= 0.6 is 0 Å². The van der Waals surface area contributed by atoms with Crippen LogP contribution in [0.4, 0.5) is 0 Å². The van der Waals surface area contributed by atoms with Crippen molar-refractivity contribution in [2.75, 3.05) is 32.8 Å². The Morgan fingerprint density at radius 2 is 1.86 bits per heavy atom. The highest BCUT2D eigenvalue weighted by atomic mass is 32.2. The van der Waals surface area contributed by atoms with Gasteiger partial charge < -0.3 is 15.4 Å². The monoisotopic (exact) mass is 406 g/mol. The molecule has 1 aliphatic carbocycles. The number of benzene rings is 1. The van der Waals surface area contributed by atoms with Crippen LogP contribution in [0.5, 0.6) is 0 Å². The molecule has 0 spiro atoms. The third-order valence-corrected chi connectivity index (χ3v) is 6.75. The van der Waals surface area contributed by atoms with E-state index >= 15 is 0 Å². The SMILES string of the molecule is CCNC(=NCc1ccccc1CS(=O)(=O)N1CCOCC1)NC1CC=CC1. The van der Waals surface area contributed by atoms with Gasteiger partial charge in [-0.15, -0.1) is 0 Å². The number of guanidine groups is 1. The molecule has 1 aromatic carbocycles. The van der Waals surface area contributed by atoms with Crippen molar-refractivity contribution in [3.63, 3.8) is 0 Å². The van der Waals surface area contributed by atoms with Crippen molar-refractivity contribution >= 4 is 16.0 Å². The summed E-state index contributed by atoms with van der Waals surface area (Å²) >= 11 is 0. The van der Waals surface area contributed by atoms with Crippen molar-refractivity contribution in [3.05, 3.63) is 47.5 Å². The largest absolute Gasteiger partial charge is 0.379 e. The second-order valence-corrected chi connectivity index (χ2v) is 8.98. The zero-order chi connectivity index (χ0) is 19.8. The summed E-state index contributed by atoms with van der Waals surface area (Å²) in [6.07, 6.45) is 6.34. The summed E-state index contributed by atoms with van der Waals surface area (Å²) in [7, 11) is -3.36. The van der Waals surface area contributed by atoms with E-state index in [1.54, 1.807) is 0 Å². The highest BCUT2D eigenvalue weighted by molar-refractivity contribution is 7.88. The van der Waals surface area contributed by atoms with Gasteiger partial charge in [0.05, 0.1) is 25.5 Å². The van der Waals surface area contributed by atoms with Crippen LogP contribution in [-0.4, -0.2) is 57.6 Å². The van der Waals surface area contributed by atoms with Crippen LogP contribution in [0.25, 0.3) is 0 Å². The molecule has 0 saturated carbocycles. The van der Waals surface area contributed by atoms with Crippen LogP contribution in [0.3, 0.4) is 0 Å². The quantitative estimate of drug-likeness (QED) is 0.408. The van der Waals surface area contributed by atoms with Crippen LogP contribution in [0.2, 0.25) is 0 Å². The first-order valence-electron chi connectivity index (χ1n) is 9.90. The van der Waals surface area contributed by atoms with E-state index in [-0.39, 0.29) is 5.75 Å². The maximum atomic E-state index is 12.8. The first-order chi connectivity index (χ1) is 13.6. The molecule has 0 radical (unpaired) electrons. The Kier molecular flexibility index (Phi) is 7.47. The third kappa shape index (κ3) is 5.80. The minimum absolute atomic E-state index is 0.00476. The van der Waals surface area contributed by atoms with Crippen molar-refractivity contribution in [2.24, 2.45) is 4.99 Å². The predicted molar refractivity (Wildman–Crippen MR) is 112 cm³/mol. The lowest BCUT2D eigenvalue weighted by atomic mass is 10.1. The standard InChI is InChI=1S/C20H30N4O3S/c1-2-21-20(23-19-9-5-6-10-19)22-15-17-7-3-4-8-18(17)16-28(25,26)24-11-13-27-14-12-24/h3-8,19H,2,9-16H2,1H3,(H2,21,22,23). The first-order valence-corrected chi connectivity index (χ1v) is 11.5. The highest BCUT2D eigenvalue weighted by Crippen LogP contribution is 2.17. The lowest BCUT2D eigenvalue weighted by molar-refractivity contribution is 0.0729. The van der Waals surface area contributed by atoms with Crippen molar-refractivity contribution in [3.8, 4) is 0 Å². The number of sulfonamides is 1. The molecule has 0 aromatic heterocycles. The maximum absolute atomic E-state index is 12.8. The number of morpholine rings is 1. The van der Waals surface area contributed by atoms with Crippen LogP contribution in [0, 0.1) is 0 Å². The van der Waals surface area contributed by atoms with E-state index < -0.39 is 10.0 Å². The smallest absolute Gasteiger partial charge is 0.218 e. The predicted octanol–water partition coefficient (Wildman–Crippen LogP) is 1.62. The Morgan fingerprint density at radius 3 is 2.54 bits per heavy atom. The maximum Gasteiger partial charge on any atom is 0.218 e. The molecule has 1 heterocycles. The molecule has 2 N–H and O–H groups in total. The van der Waals surface area contributed by atoms with Crippen molar-refractivity contribution < 1.29 is 13.2 Å². The number of rotatable bonds is 7. The van der Waals surface area contributed by atoms with Gasteiger partial charge in [0.25, 0.3) is 0 Å². The number of ether oxygens (including phenoxy) is 1. The Balaban J connectivity index is 1.69. The molecule has 0 atom stereocenters. The number of nitrogens with one attached hydrogen (secondary N) is 2. The van der Waals surface area contributed by atoms with Crippen LogP contribution in [-0.2, 0) is 27.1 Å². The average molecular weight is 407 g/mol. The van der Waals surface area contributed by atoms with Gasteiger partial charge in [-0.2, -0.15) is 4.31 Å². The van der Waals surface area contributed by atoms with Gasteiger partial charge in [-0.25, -0.2) is 13.4 Å². The molecule has 28 heavy (non-hydrogen) atoms. The minimum atomic E-state index is -3.36. The second-order valence-electron chi connectivity index (χ2n) is 7.02. The normalized spacial score (nSPS) is 19.1. The molecule has 1 aliphatic heterocycles. The number of nitrogens with zero attached hydrogens (tertiary/aromatic N) is 2. The molecule has 8 heteroatoms. The zero-order valence-corrected chi connectivity index (χ0v) is 17.2.